The highest BCUT2D eigenvalue weighted by Gasteiger charge is 2.12. The highest BCUT2D eigenvalue weighted by Crippen LogP contribution is 2.11. The molecule has 2 N–H and O–H groups in total. The molecular formula is C13H21FN2S. The topological polar surface area (TPSA) is 29.3 Å². The van der Waals surface area contributed by atoms with E-state index in [1.165, 1.54) is 12.1 Å². The zero-order valence-electron chi connectivity index (χ0n) is 10.5. The fourth-order valence-electron chi connectivity index (χ4n) is 1.78. The summed E-state index contributed by atoms with van der Waals surface area (Å²) in [4.78, 5) is 2.24. The highest BCUT2D eigenvalue weighted by molar-refractivity contribution is 7.98. The van der Waals surface area contributed by atoms with E-state index in [4.69, 9.17) is 5.73 Å². The largest absolute Gasteiger partial charge is 0.329 e. The number of nitrogens with zero attached hydrogens (tertiary/aromatic N) is 1. The van der Waals surface area contributed by atoms with Crippen molar-refractivity contribution in [1.82, 2.24) is 4.90 Å². The third kappa shape index (κ3) is 5.06. The molecule has 0 aromatic heterocycles. The number of hydrogen-bond acceptors (Lipinski definition) is 3. The monoisotopic (exact) mass is 256 g/mol. The third-order valence-corrected chi connectivity index (χ3v) is 3.54. The van der Waals surface area contributed by atoms with Crippen molar-refractivity contribution in [2.45, 2.75) is 19.0 Å². The Morgan fingerprint density at radius 3 is 2.53 bits per heavy atom. The molecule has 4 heteroatoms. The Morgan fingerprint density at radius 1 is 1.35 bits per heavy atom. The summed E-state index contributed by atoms with van der Waals surface area (Å²) in [6.45, 7) is 1.48. The maximum Gasteiger partial charge on any atom is 0.123 e. The second-order valence-electron chi connectivity index (χ2n) is 4.21. The molecule has 1 atom stereocenters. The first-order valence-electron chi connectivity index (χ1n) is 5.81. The minimum absolute atomic E-state index is 0.186. The second-order valence-corrected chi connectivity index (χ2v) is 5.20. The van der Waals surface area contributed by atoms with E-state index in [1.54, 1.807) is 0 Å². The quantitative estimate of drug-likeness (QED) is 0.812. The van der Waals surface area contributed by atoms with Crippen LogP contribution < -0.4 is 5.73 Å². The molecule has 0 aliphatic rings. The average Bonchev–Trinajstić information content (AvgIpc) is 2.33. The van der Waals surface area contributed by atoms with Crippen molar-refractivity contribution in [3.8, 4) is 0 Å². The Balaban J connectivity index is 2.51. The zero-order valence-corrected chi connectivity index (χ0v) is 11.3. The van der Waals surface area contributed by atoms with Crippen LogP contribution in [-0.2, 0) is 6.54 Å². The first-order chi connectivity index (χ1) is 8.17. The van der Waals surface area contributed by atoms with Gasteiger partial charge >= 0.3 is 0 Å². The van der Waals surface area contributed by atoms with Crippen LogP contribution in [-0.4, -0.2) is 36.5 Å². The lowest BCUT2D eigenvalue weighted by atomic mass is 10.1. The van der Waals surface area contributed by atoms with Crippen LogP contribution in [0.25, 0.3) is 0 Å². The van der Waals surface area contributed by atoms with Crippen molar-refractivity contribution in [2.75, 3.05) is 25.6 Å². The van der Waals surface area contributed by atoms with Crippen molar-refractivity contribution in [3.05, 3.63) is 35.6 Å². The lowest BCUT2D eigenvalue weighted by Crippen LogP contribution is -2.37. The molecule has 0 aliphatic heterocycles. The first-order valence-corrected chi connectivity index (χ1v) is 7.20. The van der Waals surface area contributed by atoms with Gasteiger partial charge in [0, 0.05) is 19.1 Å². The molecule has 1 unspecified atom stereocenters. The van der Waals surface area contributed by atoms with Gasteiger partial charge in [-0.2, -0.15) is 11.8 Å². The summed E-state index contributed by atoms with van der Waals surface area (Å²) >= 11 is 1.84. The van der Waals surface area contributed by atoms with E-state index in [0.29, 0.717) is 12.6 Å². The van der Waals surface area contributed by atoms with E-state index < -0.39 is 0 Å². The highest BCUT2D eigenvalue weighted by atomic mass is 32.2. The molecule has 0 saturated heterocycles. The maximum atomic E-state index is 12.8. The smallest absolute Gasteiger partial charge is 0.123 e. The molecule has 0 aliphatic carbocycles. The standard InChI is InChI=1S/C13H21FN2S/c1-16(13(9-15)7-8-17-2)10-11-3-5-12(14)6-4-11/h3-6,13H,7-10,15H2,1-2H3. The molecule has 0 heterocycles. The first kappa shape index (κ1) is 14.5. The van der Waals surface area contributed by atoms with Crippen molar-refractivity contribution >= 4 is 11.8 Å². The molecule has 0 radical (unpaired) electrons. The summed E-state index contributed by atoms with van der Waals surface area (Å²) in [5, 5.41) is 0. The fourth-order valence-corrected chi connectivity index (χ4v) is 2.29. The van der Waals surface area contributed by atoms with Gasteiger partial charge in [0.05, 0.1) is 0 Å². The Morgan fingerprint density at radius 2 is 2.00 bits per heavy atom. The van der Waals surface area contributed by atoms with Crippen LogP contribution in [0.4, 0.5) is 4.39 Å². The Labute approximate surface area is 107 Å². The van der Waals surface area contributed by atoms with Gasteiger partial charge in [-0.3, -0.25) is 4.90 Å². The molecule has 0 spiro atoms. The number of rotatable bonds is 7. The summed E-state index contributed by atoms with van der Waals surface area (Å²) in [5.74, 6) is 0.935. The Hall–Kier alpha value is -0.580. The number of likely N-dealkylation sites (N-methyl/N-ethyl adjacent to an activating group) is 1. The second kappa shape index (κ2) is 7.69. The number of benzene rings is 1. The van der Waals surface area contributed by atoms with Gasteiger partial charge in [-0.15, -0.1) is 0 Å². The minimum Gasteiger partial charge on any atom is -0.329 e. The van der Waals surface area contributed by atoms with Gasteiger partial charge in [0.25, 0.3) is 0 Å². The van der Waals surface area contributed by atoms with Crippen LogP contribution in [0, 0.1) is 5.82 Å². The summed E-state index contributed by atoms with van der Waals surface area (Å²) in [6, 6.07) is 7.06. The van der Waals surface area contributed by atoms with E-state index >= 15 is 0 Å². The maximum absolute atomic E-state index is 12.8. The predicted molar refractivity (Wildman–Crippen MR) is 73.7 cm³/mol. The Kier molecular flexibility index (Phi) is 6.55. The predicted octanol–water partition coefficient (Wildman–Crippen LogP) is 2.34. The SMILES string of the molecule is CSCCC(CN)N(C)Cc1ccc(F)cc1. The van der Waals surface area contributed by atoms with E-state index in [9.17, 15) is 4.39 Å². The number of halogens is 1. The van der Waals surface area contributed by atoms with E-state index in [2.05, 4.69) is 18.2 Å². The van der Waals surface area contributed by atoms with Crippen LogP contribution >= 0.6 is 11.8 Å². The van der Waals surface area contributed by atoms with Crippen LogP contribution in [0.5, 0.6) is 0 Å². The number of thioether (sulfide) groups is 1. The van der Waals surface area contributed by atoms with Gasteiger partial charge in [-0.25, -0.2) is 4.39 Å². The summed E-state index contributed by atoms with van der Waals surface area (Å²) < 4.78 is 12.8. The molecule has 1 rings (SSSR count). The number of hydrogen-bond donors (Lipinski definition) is 1. The van der Waals surface area contributed by atoms with Crippen molar-refractivity contribution < 1.29 is 4.39 Å². The molecule has 0 amide bonds. The fraction of sp³-hybridized carbons (Fsp3) is 0.538. The Bertz CT molecular complexity index is 316. The van der Waals surface area contributed by atoms with Crippen LogP contribution in [0.1, 0.15) is 12.0 Å². The third-order valence-electron chi connectivity index (χ3n) is 2.90. The minimum atomic E-state index is -0.186. The van der Waals surface area contributed by atoms with Crippen molar-refractivity contribution in [2.24, 2.45) is 5.73 Å². The summed E-state index contributed by atoms with van der Waals surface area (Å²) in [6.07, 6.45) is 3.20. The van der Waals surface area contributed by atoms with Gasteiger partial charge in [0.15, 0.2) is 0 Å². The average molecular weight is 256 g/mol. The van der Waals surface area contributed by atoms with Crippen molar-refractivity contribution in [3.63, 3.8) is 0 Å². The molecule has 0 saturated carbocycles. The molecular weight excluding hydrogens is 235 g/mol. The molecule has 2 nitrogen and oxygen atoms in total. The van der Waals surface area contributed by atoms with Gasteiger partial charge in [0.2, 0.25) is 0 Å². The molecule has 17 heavy (non-hydrogen) atoms. The lowest BCUT2D eigenvalue weighted by molar-refractivity contribution is 0.234. The molecule has 1 aromatic rings. The molecule has 0 fully saturated rings. The van der Waals surface area contributed by atoms with Gasteiger partial charge in [-0.05, 0) is 43.2 Å². The lowest BCUT2D eigenvalue weighted by Gasteiger charge is -2.26. The molecule has 0 bridgehead atoms. The zero-order chi connectivity index (χ0) is 12.7. The number of nitrogens with two attached hydrogens (primary N) is 1. The summed E-state index contributed by atoms with van der Waals surface area (Å²) in [5.41, 5.74) is 6.90. The summed E-state index contributed by atoms with van der Waals surface area (Å²) in [7, 11) is 2.07. The van der Waals surface area contributed by atoms with Gasteiger partial charge < -0.3 is 5.73 Å². The molecule has 96 valence electrons. The van der Waals surface area contributed by atoms with Crippen molar-refractivity contribution in [1.29, 1.82) is 0 Å². The van der Waals surface area contributed by atoms with Crippen LogP contribution in [0.2, 0.25) is 0 Å². The van der Waals surface area contributed by atoms with Crippen LogP contribution in [0.3, 0.4) is 0 Å². The molecule has 1 aromatic carbocycles. The van der Waals surface area contributed by atoms with E-state index in [1.807, 2.05) is 23.9 Å². The normalized spacial score (nSPS) is 13.0. The van der Waals surface area contributed by atoms with Gasteiger partial charge in [0.1, 0.15) is 5.82 Å². The van der Waals surface area contributed by atoms with E-state index in [0.717, 1.165) is 24.3 Å². The van der Waals surface area contributed by atoms with Gasteiger partial charge in [-0.1, -0.05) is 12.1 Å². The van der Waals surface area contributed by atoms with Crippen LogP contribution in [0.15, 0.2) is 24.3 Å². The van der Waals surface area contributed by atoms with E-state index in [-0.39, 0.29) is 5.82 Å².